The summed E-state index contributed by atoms with van der Waals surface area (Å²) in [4.78, 5) is 31.1. The number of pyridine rings is 1. The lowest BCUT2D eigenvalue weighted by Crippen LogP contribution is -2.54. The second-order valence-corrected chi connectivity index (χ2v) is 9.48. The molecule has 2 aliphatic rings. The summed E-state index contributed by atoms with van der Waals surface area (Å²) in [7, 11) is 1.61. The number of para-hydroxylation sites is 1. The van der Waals surface area contributed by atoms with Gasteiger partial charge < -0.3 is 14.5 Å². The SMILES string of the molecule is C=Cc1cnc2c(-c3cc(C#N)c(N4CCN(C(=O)CCOC)[C@H](C)C4)nc3C3CC3)cccc2n1. The minimum Gasteiger partial charge on any atom is -0.384 e. The molecule has 8 nitrogen and oxygen atoms in total. The van der Waals surface area contributed by atoms with E-state index in [1.165, 1.54) is 0 Å². The lowest BCUT2D eigenvalue weighted by Gasteiger charge is -2.41. The number of anilines is 1. The van der Waals surface area contributed by atoms with Gasteiger partial charge in [-0.2, -0.15) is 5.26 Å². The van der Waals surface area contributed by atoms with Gasteiger partial charge in [0, 0.05) is 49.8 Å². The Labute approximate surface area is 211 Å². The van der Waals surface area contributed by atoms with Crippen molar-refractivity contribution >= 4 is 28.8 Å². The van der Waals surface area contributed by atoms with E-state index in [1.54, 1.807) is 19.4 Å². The molecule has 8 heteroatoms. The third kappa shape index (κ3) is 4.54. The predicted molar refractivity (Wildman–Crippen MR) is 139 cm³/mol. The number of ether oxygens (including phenoxy) is 1. The molecule has 3 heterocycles. The third-order valence-corrected chi connectivity index (χ3v) is 6.97. The molecule has 1 aromatic carbocycles. The number of benzene rings is 1. The first-order chi connectivity index (χ1) is 17.5. The lowest BCUT2D eigenvalue weighted by molar-refractivity contribution is -0.134. The predicted octanol–water partition coefficient (Wildman–Crippen LogP) is 4.16. The highest BCUT2D eigenvalue weighted by Crippen LogP contribution is 2.45. The molecule has 1 amide bonds. The number of fused-ring (bicyclic) bond motifs is 1. The van der Waals surface area contributed by atoms with Crippen molar-refractivity contribution in [2.24, 2.45) is 0 Å². The number of hydrogen-bond donors (Lipinski definition) is 0. The van der Waals surface area contributed by atoms with Gasteiger partial charge in [0.2, 0.25) is 5.91 Å². The van der Waals surface area contributed by atoms with Gasteiger partial charge in [-0.15, -0.1) is 0 Å². The van der Waals surface area contributed by atoms with Crippen molar-refractivity contribution in [2.45, 2.75) is 38.1 Å². The first kappa shape index (κ1) is 23.9. The zero-order chi connectivity index (χ0) is 25.2. The quantitative estimate of drug-likeness (QED) is 0.499. The Kier molecular flexibility index (Phi) is 6.66. The van der Waals surface area contributed by atoms with Gasteiger partial charge in [-0.25, -0.2) is 9.97 Å². The highest BCUT2D eigenvalue weighted by Gasteiger charge is 2.33. The molecule has 5 rings (SSSR count). The summed E-state index contributed by atoms with van der Waals surface area (Å²) in [5.74, 6) is 1.18. The summed E-state index contributed by atoms with van der Waals surface area (Å²) in [5.41, 5.74) is 5.74. The molecule has 3 aromatic rings. The van der Waals surface area contributed by atoms with E-state index in [2.05, 4.69) is 27.5 Å². The number of aromatic nitrogens is 3. The fourth-order valence-corrected chi connectivity index (χ4v) is 4.95. The van der Waals surface area contributed by atoms with Crippen LogP contribution in [0.15, 0.2) is 37.0 Å². The minimum atomic E-state index is 0.0212. The number of amides is 1. The molecule has 1 saturated carbocycles. The zero-order valence-electron chi connectivity index (χ0n) is 20.8. The molecule has 2 aromatic heterocycles. The van der Waals surface area contributed by atoms with Crippen molar-refractivity contribution in [3.05, 3.63) is 54.0 Å². The molecule has 0 unspecified atom stereocenters. The molecular weight excluding hydrogens is 452 g/mol. The van der Waals surface area contributed by atoms with Gasteiger partial charge in [-0.05, 0) is 38.0 Å². The van der Waals surface area contributed by atoms with Crippen LogP contribution in [-0.2, 0) is 9.53 Å². The number of carbonyl (C=O) groups is 1. The van der Waals surface area contributed by atoms with Crippen LogP contribution in [0.25, 0.3) is 28.2 Å². The Morgan fingerprint density at radius 1 is 1.28 bits per heavy atom. The van der Waals surface area contributed by atoms with E-state index in [1.807, 2.05) is 36.1 Å². The van der Waals surface area contributed by atoms with Crippen molar-refractivity contribution < 1.29 is 9.53 Å². The normalized spacial score (nSPS) is 17.8. The first-order valence-corrected chi connectivity index (χ1v) is 12.4. The Morgan fingerprint density at radius 2 is 2.11 bits per heavy atom. The lowest BCUT2D eigenvalue weighted by atomic mass is 9.97. The molecule has 1 saturated heterocycles. The molecule has 184 valence electrons. The van der Waals surface area contributed by atoms with Gasteiger partial charge in [0.05, 0.1) is 47.2 Å². The highest BCUT2D eigenvalue weighted by molar-refractivity contribution is 5.93. The van der Waals surface area contributed by atoms with Crippen LogP contribution in [-0.4, -0.2) is 65.2 Å². The van der Waals surface area contributed by atoms with Crippen molar-refractivity contribution in [2.75, 3.05) is 38.3 Å². The number of hydrogen-bond acceptors (Lipinski definition) is 7. The summed E-state index contributed by atoms with van der Waals surface area (Å²) in [6, 6.07) is 10.3. The van der Waals surface area contributed by atoms with Crippen LogP contribution >= 0.6 is 0 Å². The number of nitrogens with zero attached hydrogens (tertiary/aromatic N) is 6. The van der Waals surface area contributed by atoms with Crippen molar-refractivity contribution in [1.29, 1.82) is 5.26 Å². The third-order valence-electron chi connectivity index (χ3n) is 6.97. The fourth-order valence-electron chi connectivity index (χ4n) is 4.95. The summed E-state index contributed by atoms with van der Waals surface area (Å²) >= 11 is 0. The average molecular weight is 483 g/mol. The Balaban J connectivity index is 1.51. The van der Waals surface area contributed by atoms with Crippen LogP contribution < -0.4 is 4.90 Å². The second kappa shape index (κ2) is 10.0. The summed E-state index contributed by atoms with van der Waals surface area (Å²) < 4.78 is 5.07. The Hall–Kier alpha value is -3.83. The molecule has 0 radical (unpaired) electrons. The minimum absolute atomic E-state index is 0.0212. The standard InChI is InChI=1S/C28H30N6O2/c1-4-21-16-30-27-22(6-5-7-24(27)31-21)23-14-20(15-29)28(32-26(23)19-8-9-19)33-11-12-34(18(2)17-33)25(35)10-13-36-3/h4-7,14,16,18-19H,1,8-13,17H2,2-3H3/t18-/m1/s1. The van der Waals surface area contributed by atoms with Crippen LogP contribution in [0.4, 0.5) is 5.82 Å². The molecule has 1 atom stereocenters. The first-order valence-electron chi connectivity index (χ1n) is 12.4. The summed E-state index contributed by atoms with van der Waals surface area (Å²) in [5, 5.41) is 10.1. The second-order valence-electron chi connectivity index (χ2n) is 9.48. The van der Waals surface area contributed by atoms with Gasteiger partial charge in [0.1, 0.15) is 11.9 Å². The maximum absolute atomic E-state index is 12.6. The molecule has 36 heavy (non-hydrogen) atoms. The molecule has 0 spiro atoms. The largest absolute Gasteiger partial charge is 0.384 e. The van der Waals surface area contributed by atoms with Gasteiger partial charge in [-0.1, -0.05) is 18.7 Å². The van der Waals surface area contributed by atoms with Gasteiger partial charge in [0.15, 0.2) is 0 Å². The van der Waals surface area contributed by atoms with E-state index in [0.717, 1.165) is 46.4 Å². The smallest absolute Gasteiger partial charge is 0.225 e. The van der Waals surface area contributed by atoms with E-state index in [-0.39, 0.29) is 11.9 Å². The number of carbonyl (C=O) groups excluding carboxylic acids is 1. The number of nitriles is 1. The van der Waals surface area contributed by atoms with Crippen LogP contribution in [0.1, 0.15) is 49.1 Å². The molecule has 1 aliphatic carbocycles. The molecule has 2 fully saturated rings. The van der Waals surface area contributed by atoms with Gasteiger partial charge >= 0.3 is 0 Å². The van der Waals surface area contributed by atoms with E-state index >= 15 is 0 Å². The van der Waals surface area contributed by atoms with Crippen LogP contribution in [0, 0.1) is 11.3 Å². The van der Waals surface area contributed by atoms with E-state index in [0.29, 0.717) is 50.0 Å². The average Bonchev–Trinajstić information content (AvgIpc) is 3.75. The summed E-state index contributed by atoms with van der Waals surface area (Å²) in [6.07, 6.45) is 5.95. The maximum atomic E-state index is 12.6. The van der Waals surface area contributed by atoms with Crippen LogP contribution in [0.3, 0.4) is 0 Å². The van der Waals surface area contributed by atoms with Crippen molar-refractivity contribution in [3.63, 3.8) is 0 Å². The Morgan fingerprint density at radius 3 is 2.81 bits per heavy atom. The van der Waals surface area contributed by atoms with E-state index < -0.39 is 0 Å². The monoisotopic (exact) mass is 482 g/mol. The zero-order valence-corrected chi connectivity index (χ0v) is 20.8. The maximum Gasteiger partial charge on any atom is 0.225 e. The van der Waals surface area contributed by atoms with Crippen molar-refractivity contribution in [3.8, 4) is 17.2 Å². The Bertz CT molecular complexity index is 1360. The topological polar surface area (TPSA) is 95.2 Å². The summed E-state index contributed by atoms with van der Waals surface area (Å²) in [6.45, 7) is 8.13. The van der Waals surface area contributed by atoms with E-state index in [4.69, 9.17) is 9.72 Å². The number of rotatable bonds is 7. The van der Waals surface area contributed by atoms with Crippen LogP contribution in [0.5, 0.6) is 0 Å². The highest BCUT2D eigenvalue weighted by atomic mass is 16.5. The molecule has 0 N–H and O–H groups in total. The molecule has 1 aliphatic heterocycles. The number of methoxy groups -OCH3 is 1. The van der Waals surface area contributed by atoms with Crippen molar-refractivity contribution in [1.82, 2.24) is 19.9 Å². The number of piperazine rings is 1. The van der Waals surface area contributed by atoms with Gasteiger partial charge in [-0.3, -0.25) is 9.78 Å². The van der Waals surface area contributed by atoms with E-state index in [9.17, 15) is 10.1 Å². The van der Waals surface area contributed by atoms with Crippen LogP contribution in [0.2, 0.25) is 0 Å². The fraction of sp³-hybridized carbons (Fsp3) is 0.393. The molecular formula is C28H30N6O2. The van der Waals surface area contributed by atoms with Gasteiger partial charge in [0.25, 0.3) is 0 Å². The molecule has 0 bridgehead atoms.